The molecule has 0 fully saturated rings. The summed E-state index contributed by atoms with van der Waals surface area (Å²) in [4.78, 5) is 0. The van der Waals surface area contributed by atoms with E-state index in [1.54, 1.807) is 0 Å². The maximum Gasteiger partial charge on any atom is 0.416 e. The van der Waals surface area contributed by atoms with Crippen LogP contribution in [0.5, 0.6) is 5.75 Å². The number of hydrogen-bond donors (Lipinski definition) is 0. The van der Waals surface area contributed by atoms with Crippen molar-refractivity contribution in [2.75, 3.05) is 0 Å². The van der Waals surface area contributed by atoms with E-state index in [2.05, 4.69) is 0 Å². The average Bonchev–Trinajstić information content (AvgIpc) is 2.61. The van der Waals surface area contributed by atoms with E-state index >= 15 is 0 Å². The van der Waals surface area contributed by atoms with Crippen LogP contribution in [-0.4, -0.2) is 0 Å². The summed E-state index contributed by atoms with van der Waals surface area (Å²) in [6, 6.07) is 24.2. The van der Waals surface area contributed by atoms with Crippen LogP contribution in [0.25, 0.3) is 0 Å². The predicted octanol–water partition coefficient (Wildman–Crippen LogP) is 5.13. The van der Waals surface area contributed by atoms with Crippen molar-refractivity contribution in [2.45, 2.75) is 6.18 Å². The molecule has 0 saturated carbocycles. The van der Waals surface area contributed by atoms with Gasteiger partial charge >= 0.3 is 6.18 Å². The second-order valence-electron chi connectivity index (χ2n) is 5.08. The first-order valence-corrected chi connectivity index (χ1v) is 8.55. The Morgan fingerprint density at radius 2 is 1.08 bits per heavy atom. The third-order valence-corrected chi connectivity index (χ3v) is 5.29. The first kappa shape index (κ1) is 16.5. The molecule has 0 saturated heterocycles. The van der Waals surface area contributed by atoms with E-state index in [0.29, 0.717) is 5.75 Å². The molecule has 0 heterocycles. The number of alkyl halides is 3. The van der Waals surface area contributed by atoms with Crippen molar-refractivity contribution in [3.63, 3.8) is 0 Å². The van der Waals surface area contributed by atoms with Crippen molar-refractivity contribution in [3.8, 4) is 5.75 Å². The quantitative estimate of drug-likeness (QED) is 0.595. The Labute approximate surface area is 139 Å². The fourth-order valence-corrected chi connectivity index (χ4v) is 3.92. The Kier molecular flexibility index (Phi) is 4.86. The lowest BCUT2D eigenvalue weighted by Crippen LogP contribution is -2.15. The minimum absolute atomic E-state index is 0.418. The zero-order valence-electron chi connectivity index (χ0n) is 12.6. The van der Waals surface area contributed by atoms with Gasteiger partial charge in [-0.2, -0.15) is 13.2 Å². The lowest BCUT2D eigenvalue weighted by molar-refractivity contribution is -0.137. The van der Waals surface area contributed by atoms with Gasteiger partial charge in [0.05, 0.1) is 5.56 Å². The molecule has 0 bridgehead atoms. The van der Waals surface area contributed by atoms with Crippen LogP contribution in [0.4, 0.5) is 13.2 Å². The molecule has 0 atom stereocenters. The molecular formula is C19H14F3OP. The van der Waals surface area contributed by atoms with Crippen molar-refractivity contribution in [1.82, 2.24) is 0 Å². The van der Waals surface area contributed by atoms with Crippen molar-refractivity contribution in [2.24, 2.45) is 0 Å². The van der Waals surface area contributed by atoms with Gasteiger partial charge in [-0.1, -0.05) is 60.7 Å². The van der Waals surface area contributed by atoms with Crippen molar-refractivity contribution < 1.29 is 17.7 Å². The normalized spacial score (nSPS) is 11.5. The highest BCUT2D eigenvalue weighted by atomic mass is 31.1. The molecule has 0 aliphatic heterocycles. The molecule has 3 aromatic rings. The summed E-state index contributed by atoms with van der Waals surface area (Å²) in [7, 11) is -1.15. The molecule has 1 nitrogen and oxygen atoms in total. The van der Waals surface area contributed by atoms with Crippen LogP contribution in [0.2, 0.25) is 0 Å². The van der Waals surface area contributed by atoms with Gasteiger partial charge in [-0.15, -0.1) is 0 Å². The Hall–Kier alpha value is -2.32. The summed E-state index contributed by atoms with van der Waals surface area (Å²) in [5.41, 5.74) is -0.682. The van der Waals surface area contributed by atoms with Crippen molar-refractivity contribution >= 4 is 18.8 Å². The Bertz CT molecular complexity index is 732. The molecule has 0 unspecified atom stereocenters. The van der Waals surface area contributed by atoms with E-state index in [1.165, 1.54) is 12.1 Å². The Balaban J connectivity index is 1.90. The molecule has 0 amide bonds. The van der Waals surface area contributed by atoms with Gasteiger partial charge in [0.2, 0.25) is 0 Å². The zero-order chi connectivity index (χ0) is 17.0. The minimum Gasteiger partial charge on any atom is -0.464 e. The van der Waals surface area contributed by atoms with Gasteiger partial charge in [0.25, 0.3) is 0 Å². The number of halogens is 3. The van der Waals surface area contributed by atoms with Crippen molar-refractivity contribution in [3.05, 3.63) is 90.5 Å². The van der Waals surface area contributed by atoms with Gasteiger partial charge in [0.1, 0.15) is 5.75 Å². The summed E-state index contributed by atoms with van der Waals surface area (Å²) >= 11 is 0. The topological polar surface area (TPSA) is 9.23 Å². The summed E-state index contributed by atoms with van der Waals surface area (Å²) in [5.74, 6) is 0.418. The predicted molar refractivity (Wildman–Crippen MR) is 91.1 cm³/mol. The molecule has 0 aliphatic rings. The second kappa shape index (κ2) is 7.06. The highest BCUT2D eigenvalue weighted by Gasteiger charge is 2.30. The highest BCUT2D eigenvalue weighted by Crippen LogP contribution is 2.37. The van der Waals surface area contributed by atoms with Crippen LogP contribution in [0.1, 0.15) is 5.56 Å². The van der Waals surface area contributed by atoms with Crippen molar-refractivity contribution in [1.29, 1.82) is 0 Å². The van der Waals surface area contributed by atoms with Crippen LogP contribution in [0.3, 0.4) is 0 Å². The van der Waals surface area contributed by atoms with Gasteiger partial charge in [0.15, 0.2) is 8.15 Å². The van der Waals surface area contributed by atoms with E-state index in [4.69, 9.17) is 4.52 Å². The first-order valence-electron chi connectivity index (χ1n) is 7.29. The van der Waals surface area contributed by atoms with Gasteiger partial charge < -0.3 is 4.52 Å². The van der Waals surface area contributed by atoms with E-state index in [1.807, 2.05) is 60.7 Å². The van der Waals surface area contributed by atoms with E-state index in [9.17, 15) is 13.2 Å². The van der Waals surface area contributed by atoms with Crippen LogP contribution < -0.4 is 15.1 Å². The van der Waals surface area contributed by atoms with E-state index in [0.717, 1.165) is 22.7 Å². The summed E-state index contributed by atoms with van der Waals surface area (Å²) in [6.45, 7) is 0. The lowest BCUT2D eigenvalue weighted by atomic mass is 10.2. The third kappa shape index (κ3) is 3.95. The molecule has 122 valence electrons. The summed E-state index contributed by atoms with van der Waals surface area (Å²) in [5, 5.41) is 2.00. The molecule has 3 rings (SSSR count). The fraction of sp³-hybridized carbons (Fsp3) is 0.0526. The monoisotopic (exact) mass is 346 g/mol. The van der Waals surface area contributed by atoms with Gasteiger partial charge in [0, 0.05) is 10.6 Å². The smallest absolute Gasteiger partial charge is 0.416 e. The van der Waals surface area contributed by atoms with Gasteiger partial charge in [-0.25, -0.2) is 0 Å². The average molecular weight is 346 g/mol. The molecule has 0 aromatic heterocycles. The number of rotatable bonds is 4. The zero-order valence-corrected chi connectivity index (χ0v) is 13.5. The molecule has 3 aromatic carbocycles. The minimum atomic E-state index is -4.35. The molecular weight excluding hydrogens is 332 g/mol. The standard InChI is InChI=1S/C19H14F3OP/c20-19(21,22)15-11-13-16(14-12-15)23-24(17-7-3-1-4-8-17)18-9-5-2-6-10-18/h1-14H. The SMILES string of the molecule is FC(F)(F)c1ccc(OP(c2ccccc2)c2ccccc2)cc1. The largest absolute Gasteiger partial charge is 0.464 e. The first-order chi connectivity index (χ1) is 11.5. The fourth-order valence-electron chi connectivity index (χ4n) is 2.19. The van der Waals surface area contributed by atoms with Gasteiger partial charge in [-0.05, 0) is 24.3 Å². The third-order valence-electron chi connectivity index (χ3n) is 3.36. The second-order valence-corrected chi connectivity index (χ2v) is 6.88. The Morgan fingerprint density at radius 1 is 0.625 bits per heavy atom. The maximum atomic E-state index is 12.7. The van der Waals surface area contributed by atoms with Crippen LogP contribution in [0, 0.1) is 0 Å². The number of benzene rings is 3. The molecule has 0 aliphatic carbocycles. The van der Waals surface area contributed by atoms with Crippen LogP contribution in [0.15, 0.2) is 84.9 Å². The number of hydrogen-bond acceptors (Lipinski definition) is 1. The molecule has 5 heteroatoms. The molecule has 0 N–H and O–H groups in total. The highest BCUT2D eigenvalue weighted by molar-refractivity contribution is 7.68. The van der Waals surface area contributed by atoms with Gasteiger partial charge in [-0.3, -0.25) is 0 Å². The molecule has 0 radical (unpaired) electrons. The summed E-state index contributed by atoms with van der Waals surface area (Å²) in [6.07, 6.45) is -4.35. The lowest BCUT2D eigenvalue weighted by Gasteiger charge is -2.19. The molecule has 0 spiro atoms. The molecule has 24 heavy (non-hydrogen) atoms. The maximum absolute atomic E-state index is 12.7. The van der Waals surface area contributed by atoms with Crippen LogP contribution >= 0.6 is 8.15 Å². The van der Waals surface area contributed by atoms with E-state index < -0.39 is 19.9 Å². The van der Waals surface area contributed by atoms with Crippen LogP contribution in [-0.2, 0) is 6.18 Å². The Morgan fingerprint density at radius 3 is 1.50 bits per heavy atom. The van der Waals surface area contributed by atoms with E-state index in [-0.39, 0.29) is 0 Å². The summed E-state index contributed by atoms with van der Waals surface area (Å²) < 4.78 is 44.1.